The first-order chi connectivity index (χ1) is 14.0. The lowest BCUT2D eigenvalue weighted by Crippen LogP contribution is -2.06. The Morgan fingerprint density at radius 2 is 2.03 bits per heavy atom. The molecule has 3 rings (SSSR count). The van der Waals surface area contributed by atoms with Crippen molar-refractivity contribution < 1.29 is 13.5 Å². The molecule has 29 heavy (non-hydrogen) atoms. The molecule has 2 aromatic carbocycles. The van der Waals surface area contributed by atoms with Crippen LogP contribution in [0.1, 0.15) is 62.1 Å². The first-order valence-electron chi connectivity index (χ1n) is 10.2. The highest BCUT2D eigenvalue weighted by molar-refractivity contribution is 6.32. The molecule has 0 radical (unpaired) electrons. The van der Waals surface area contributed by atoms with Crippen molar-refractivity contribution in [2.24, 2.45) is 0 Å². The molecule has 0 fully saturated rings. The number of hydrogen-bond acceptors (Lipinski definition) is 1. The maximum absolute atomic E-state index is 14.5. The van der Waals surface area contributed by atoms with E-state index in [9.17, 15) is 8.78 Å². The summed E-state index contributed by atoms with van der Waals surface area (Å²) in [6.07, 6.45) is 10.2. The summed E-state index contributed by atoms with van der Waals surface area (Å²) >= 11 is 6.26. The van der Waals surface area contributed by atoms with Crippen molar-refractivity contribution in [3.63, 3.8) is 0 Å². The van der Waals surface area contributed by atoms with E-state index in [4.69, 9.17) is 16.3 Å². The third-order valence-corrected chi connectivity index (χ3v) is 5.84. The van der Waals surface area contributed by atoms with Gasteiger partial charge in [-0.05, 0) is 92.3 Å². The molecule has 2 aromatic rings. The van der Waals surface area contributed by atoms with Crippen LogP contribution in [0.5, 0.6) is 5.75 Å². The Kier molecular flexibility index (Phi) is 7.49. The number of allylic oxidation sites excluding steroid dienone is 4. The molecule has 4 heteroatoms. The quantitative estimate of drug-likeness (QED) is 0.417. The van der Waals surface area contributed by atoms with Gasteiger partial charge in [-0.2, -0.15) is 0 Å². The average molecular weight is 417 g/mol. The molecule has 1 aliphatic rings. The van der Waals surface area contributed by atoms with Crippen LogP contribution in [0.2, 0.25) is 5.02 Å². The molecule has 0 aromatic heterocycles. The molecule has 0 saturated carbocycles. The minimum atomic E-state index is -0.510. The molecule has 1 nitrogen and oxygen atoms in total. The van der Waals surface area contributed by atoms with E-state index in [-0.39, 0.29) is 22.5 Å². The van der Waals surface area contributed by atoms with Crippen LogP contribution in [0.15, 0.2) is 48.6 Å². The van der Waals surface area contributed by atoms with Crippen LogP contribution in [0, 0.1) is 11.6 Å². The number of aryl methyl sites for hydroxylation is 1. The van der Waals surface area contributed by atoms with E-state index in [0.29, 0.717) is 13.0 Å². The summed E-state index contributed by atoms with van der Waals surface area (Å²) in [5.74, 6) is -0.187. The summed E-state index contributed by atoms with van der Waals surface area (Å²) < 4.78 is 34.1. The summed E-state index contributed by atoms with van der Waals surface area (Å²) in [6.45, 7) is 4.17. The van der Waals surface area contributed by atoms with Crippen molar-refractivity contribution in [3.05, 3.63) is 81.9 Å². The highest BCUT2D eigenvalue weighted by Crippen LogP contribution is 2.40. The first kappa shape index (κ1) is 21.6. The molecule has 0 amide bonds. The maximum atomic E-state index is 14.5. The van der Waals surface area contributed by atoms with Crippen LogP contribution in [0.4, 0.5) is 8.78 Å². The molecule has 0 aliphatic heterocycles. The standard InChI is InChI=1S/C25H27ClF2O/c1-3-5-6-7-19-12-13-20(16-22(19)27)17-8-10-18(11-9-17)21-14-15-23(29-4-2)25(28)24(21)26/h3,5,10,12-17H,4,6-9,11H2,1-2H3. The van der Waals surface area contributed by atoms with Crippen LogP contribution in [-0.4, -0.2) is 6.61 Å². The van der Waals surface area contributed by atoms with Gasteiger partial charge in [-0.15, -0.1) is 0 Å². The molecule has 1 aliphatic carbocycles. The lowest BCUT2D eigenvalue weighted by molar-refractivity contribution is 0.321. The van der Waals surface area contributed by atoms with E-state index in [1.165, 1.54) is 0 Å². The van der Waals surface area contributed by atoms with Crippen LogP contribution in [-0.2, 0) is 6.42 Å². The molecule has 0 heterocycles. The Hall–Kier alpha value is -2.13. The number of halogens is 3. The van der Waals surface area contributed by atoms with Crippen molar-refractivity contribution >= 4 is 17.2 Å². The molecule has 0 bridgehead atoms. The summed E-state index contributed by atoms with van der Waals surface area (Å²) in [4.78, 5) is 0. The molecule has 1 unspecified atom stereocenters. The summed E-state index contributed by atoms with van der Waals surface area (Å²) in [5, 5.41) is 0.108. The monoisotopic (exact) mass is 416 g/mol. The van der Waals surface area contributed by atoms with Gasteiger partial charge in [-0.3, -0.25) is 0 Å². The van der Waals surface area contributed by atoms with Gasteiger partial charge < -0.3 is 4.74 Å². The summed E-state index contributed by atoms with van der Waals surface area (Å²) in [7, 11) is 0. The van der Waals surface area contributed by atoms with E-state index in [0.717, 1.165) is 47.9 Å². The first-order valence-corrected chi connectivity index (χ1v) is 10.6. The number of rotatable bonds is 7. The Balaban J connectivity index is 1.72. The van der Waals surface area contributed by atoms with E-state index in [1.807, 2.05) is 38.1 Å². The van der Waals surface area contributed by atoms with Crippen molar-refractivity contribution in [1.29, 1.82) is 0 Å². The predicted octanol–water partition coefficient (Wildman–Crippen LogP) is 7.88. The molecule has 0 N–H and O–H groups in total. The lowest BCUT2D eigenvalue weighted by Gasteiger charge is -2.24. The van der Waals surface area contributed by atoms with E-state index in [1.54, 1.807) is 12.1 Å². The van der Waals surface area contributed by atoms with Crippen LogP contribution in [0.3, 0.4) is 0 Å². The minimum Gasteiger partial charge on any atom is -0.491 e. The van der Waals surface area contributed by atoms with Crippen LogP contribution in [0.25, 0.3) is 5.57 Å². The maximum Gasteiger partial charge on any atom is 0.184 e. The van der Waals surface area contributed by atoms with Gasteiger partial charge in [-0.25, -0.2) is 8.78 Å². The molecular weight excluding hydrogens is 390 g/mol. The van der Waals surface area contributed by atoms with Gasteiger partial charge in [0, 0.05) is 0 Å². The Bertz CT molecular complexity index is 917. The zero-order valence-electron chi connectivity index (χ0n) is 17.0. The Morgan fingerprint density at radius 1 is 1.21 bits per heavy atom. The van der Waals surface area contributed by atoms with Gasteiger partial charge in [0.15, 0.2) is 11.6 Å². The fourth-order valence-corrected chi connectivity index (χ4v) is 4.13. The average Bonchev–Trinajstić information content (AvgIpc) is 2.73. The van der Waals surface area contributed by atoms with Gasteiger partial charge in [0.1, 0.15) is 5.82 Å². The third-order valence-electron chi connectivity index (χ3n) is 5.47. The Labute approximate surface area is 177 Å². The topological polar surface area (TPSA) is 9.23 Å². The zero-order valence-corrected chi connectivity index (χ0v) is 17.7. The molecular formula is C25H27ClF2O. The van der Waals surface area contributed by atoms with Gasteiger partial charge >= 0.3 is 0 Å². The van der Waals surface area contributed by atoms with Gasteiger partial charge in [0.25, 0.3) is 0 Å². The highest BCUT2D eigenvalue weighted by Gasteiger charge is 2.21. The van der Waals surface area contributed by atoms with Crippen LogP contribution >= 0.6 is 11.6 Å². The number of hydrogen-bond donors (Lipinski definition) is 0. The largest absolute Gasteiger partial charge is 0.491 e. The van der Waals surface area contributed by atoms with Crippen molar-refractivity contribution in [2.75, 3.05) is 6.61 Å². The molecule has 0 spiro atoms. The second kappa shape index (κ2) is 10.1. The molecule has 0 saturated heterocycles. The predicted molar refractivity (Wildman–Crippen MR) is 117 cm³/mol. The smallest absolute Gasteiger partial charge is 0.184 e. The highest BCUT2D eigenvalue weighted by atomic mass is 35.5. The second-order valence-corrected chi connectivity index (χ2v) is 7.71. The summed E-state index contributed by atoms with van der Waals surface area (Å²) in [5.41, 5.74) is 3.54. The SMILES string of the molecule is CC=CCCc1ccc(C2CC=C(c3ccc(OCC)c(F)c3Cl)CC2)cc1F. The van der Waals surface area contributed by atoms with E-state index in [2.05, 4.69) is 12.2 Å². The van der Waals surface area contributed by atoms with E-state index >= 15 is 0 Å². The van der Waals surface area contributed by atoms with Gasteiger partial charge in [-0.1, -0.05) is 42.0 Å². The summed E-state index contributed by atoms with van der Waals surface area (Å²) in [6, 6.07) is 9.09. The van der Waals surface area contributed by atoms with E-state index < -0.39 is 5.82 Å². The van der Waals surface area contributed by atoms with Gasteiger partial charge in [0.2, 0.25) is 0 Å². The lowest BCUT2D eigenvalue weighted by atomic mass is 9.82. The normalized spacial score (nSPS) is 16.9. The third kappa shape index (κ3) is 5.08. The van der Waals surface area contributed by atoms with Crippen molar-refractivity contribution in [1.82, 2.24) is 0 Å². The van der Waals surface area contributed by atoms with Crippen molar-refractivity contribution in [3.8, 4) is 5.75 Å². The Morgan fingerprint density at radius 3 is 2.69 bits per heavy atom. The molecule has 154 valence electrons. The second-order valence-electron chi connectivity index (χ2n) is 7.33. The van der Waals surface area contributed by atoms with Crippen LogP contribution < -0.4 is 4.74 Å². The molecule has 1 atom stereocenters. The fourth-order valence-electron chi connectivity index (χ4n) is 3.85. The van der Waals surface area contributed by atoms with Crippen molar-refractivity contribution in [2.45, 2.75) is 51.9 Å². The zero-order chi connectivity index (χ0) is 20.8. The van der Waals surface area contributed by atoms with Gasteiger partial charge in [0.05, 0.1) is 11.6 Å². The minimum absolute atomic E-state index is 0.108. The number of benzene rings is 2. The number of ether oxygens (including phenoxy) is 1. The fraction of sp³-hybridized carbons (Fsp3) is 0.360.